The number of methoxy groups -OCH3 is 1. The van der Waals surface area contributed by atoms with E-state index in [1.165, 1.54) is 25.5 Å². The number of hydrazone groups is 1. The number of benzene rings is 2. The van der Waals surface area contributed by atoms with E-state index < -0.39 is 11.7 Å². The Hall–Kier alpha value is -3.07. The molecule has 11 heteroatoms. The van der Waals surface area contributed by atoms with Gasteiger partial charge in [-0.3, -0.25) is 4.79 Å². The van der Waals surface area contributed by atoms with E-state index in [2.05, 4.69) is 15.5 Å². The summed E-state index contributed by atoms with van der Waals surface area (Å²) >= 11 is 17.7. The molecule has 0 aliphatic heterocycles. The maximum absolute atomic E-state index is 13.8. The van der Waals surface area contributed by atoms with Crippen molar-refractivity contribution in [2.75, 3.05) is 12.8 Å². The molecule has 0 saturated carbocycles. The van der Waals surface area contributed by atoms with Crippen LogP contribution in [0.4, 0.5) is 10.1 Å². The van der Waals surface area contributed by atoms with Crippen molar-refractivity contribution in [1.29, 1.82) is 0 Å². The molecule has 3 rings (SSSR count). The normalized spacial score (nSPS) is 10.9. The van der Waals surface area contributed by atoms with Crippen molar-refractivity contribution in [2.45, 2.75) is 6.61 Å². The minimum Gasteiger partial charge on any atom is -0.496 e. The van der Waals surface area contributed by atoms with Crippen LogP contribution >= 0.6 is 34.8 Å². The fourth-order valence-corrected chi connectivity index (χ4v) is 3.20. The van der Waals surface area contributed by atoms with Crippen LogP contribution in [0, 0.1) is 5.82 Å². The highest BCUT2D eigenvalue weighted by molar-refractivity contribution is 6.46. The van der Waals surface area contributed by atoms with E-state index in [0.29, 0.717) is 16.9 Å². The molecule has 0 aliphatic carbocycles. The number of halogens is 4. The van der Waals surface area contributed by atoms with E-state index in [0.717, 1.165) is 0 Å². The summed E-state index contributed by atoms with van der Waals surface area (Å²) < 4.78 is 24.6. The average Bonchev–Trinajstić information content (AvgIpc) is 2.79. The first-order valence-corrected chi connectivity index (χ1v) is 10.1. The van der Waals surface area contributed by atoms with Gasteiger partial charge < -0.3 is 15.2 Å². The van der Waals surface area contributed by atoms with Crippen LogP contribution in [0.25, 0.3) is 0 Å². The number of rotatable bonds is 7. The molecule has 3 aromatic rings. The Morgan fingerprint density at radius 1 is 1.19 bits per heavy atom. The third kappa shape index (κ3) is 5.40. The first-order valence-electron chi connectivity index (χ1n) is 8.99. The molecule has 32 heavy (non-hydrogen) atoms. The summed E-state index contributed by atoms with van der Waals surface area (Å²) in [7, 11) is 1.51. The molecule has 3 N–H and O–H groups in total. The zero-order chi connectivity index (χ0) is 23.3. The predicted molar refractivity (Wildman–Crippen MR) is 122 cm³/mol. The lowest BCUT2D eigenvalue weighted by atomic mass is 10.1. The van der Waals surface area contributed by atoms with E-state index in [-0.39, 0.29) is 38.9 Å². The molecule has 0 spiro atoms. The van der Waals surface area contributed by atoms with Gasteiger partial charge >= 0.3 is 0 Å². The molecule has 0 unspecified atom stereocenters. The van der Waals surface area contributed by atoms with Gasteiger partial charge in [0.1, 0.15) is 17.4 Å². The van der Waals surface area contributed by atoms with Crippen LogP contribution in [-0.4, -0.2) is 24.2 Å². The number of nitrogen functional groups attached to an aromatic ring is 1. The van der Waals surface area contributed by atoms with Crippen molar-refractivity contribution >= 4 is 52.6 Å². The number of carbonyl (C=O) groups excluding carboxylic acids is 1. The smallest absolute Gasteiger partial charge is 0.291 e. The van der Waals surface area contributed by atoms with E-state index in [1.54, 1.807) is 30.3 Å². The Bertz CT molecular complexity index is 1190. The maximum atomic E-state index is 13.8. The third-order valence-electron chi connectivity index (χ3n) is 4.19. The van der Waals surface area contributed by atoms with E-state index in [1.807, 2.05) is 0 Å². The highest BCUT2D eigenvalue weighted by Gasteiger charge is 2.19. The number of hydrogen-bond acceptors (Lipinski definition) is 6. The first-order chi connectivity index (χ1) is 15.3. The van der Waals surface area contributed by atoms with Crippen molar-refractivity contribution in [3.8, 4) is 11.5 Å². The van der Waals surface area contributed by atoms with Crippen LogP contribution in [0.15, 0.2) is 47.6 Å². The van der Waals surface area contributed by atoms with Crippen molar-refractivity contribution in [3.63, 3.8) is 0 Å². The van der Waals surface area contributed by atoms with Crippen LogP contribution in [0.5, 0.6) is 11.5 Å². The van der Waals surface area contributed by atoms with Crippen molar-refractivity contribution < 1.29 is 18.7 Å². The van der Waals surface area contributed by atoms with Crippen LogP contribution in [0.3, 0.4) is 0 Å². The standard InChI is InChI=1S/C21H16Cl3FN4O3/c1-31-14-7-6-11(8-12(14)10-32-15-5-3-2-4-13(15)25)9-27-29-21(30)19-16(22)18(26)17(23)20(24)28-19/h2-9H,10H2,1H3,(H2,26,28)(H,29,30). The summed E-state index contributed by atoms with van der Waals surface area (Å²) in [6.45, 7) is 0.0558. The van der Waals surface area contributed by atoms with Gasteiger partial charge in [0, 0.05) is 5.56 Å². The van der Waals surface area contributed by atoms with Gasteiger partial charge in [-0.15, -0.1) is 0 Å². The van der Waals surface area contributed by atoms with E-state index in [9.17, 15) is 9.18 Å². The Labute approximate surface area is 197 Å². The number of nitrogens with two attached hydrogens (primary N) is 1. The summed E-state index contributed by atoms with van der Waals surface area (Å²) in [5.41, 5.74) is 8.99. The molecule has 1 heterocycles. The number of amides is 1. The minimum absolute atomic E-state index is 0.0416. The lowest BCUT2D eigenvalue weighted by molar-refractivity contribution is 0.0950. The van der Waals surface area contributed by atoms with Gasteiger partial charge in [-0.1, -0.05) is 46.9 Å². The highest BCUT2D eigenvalue weighted by atomic mass is 35.5. The topological polar surface area (TPSA) is 98.8 Å². The third-order valence-corrected chi connectivity index (χ3v) is 5.33. The zero-order valence-corrected chi connectivity index (χ0v) is 18.8. The summed E-state index contributed by atoms with van der Waals surface area (Å²) in [6.07, 6.45) is 1.39. The number of nitrogens with one attached hydrogen (secondary N) is 1. The van der Waals surface area contributed by atoms with Crippen molar-refractivity contribution in [3.05, 3.63) is 80.3 Å². The molecular weight excluding hydrogens is 482 g/mol. The van der Waals surface area contributed by atoms with Gasteiger partial charge in [-0.25, -0.2) is 14.8 Å². The number of carbonyl (C=O) groups is 1. The number of nitrogens with zero attached hydrogens (tertiary/aromatic N) is 2. The van der Waals surface area contributed by atoms with Gasteiger partial charge in [-0.05, 0) is 35.9 Å². The highest BCUT2D eigenvalue weighted by Crippen LogP contribution is 2.34. The molecule has 0 radical (unpaired) electrons. The van der Waals surface area contributed by atoms with Crippen molar-refractivity contribution in [1.82, 2.24) is 10.4 Å². The van der Waals surface area contributed by atoms with Gasteiger partial charge in [-0.2, -0.15) is 5.10 Å². The molecule has 2 aromatic carbocycles. The molecular formula is C21H16Cl3FN4O3. The second-order valence-electron chi connectivity index (χ2n) is 6.28. The Kier molecular flexibility index (Phi) is 7.74. The Morgan fingerprint density at radius 2 is 1.94 bits per heavy atom. The summed E-state index contributed by atoms with van der Waals surface area (Å²) in [6, 6.07) is 11.2. The monoisotopic (exact) mass is 496 g/mol. The molecule has 7 nitrogen and oxygen atoms in total. The maximum Gasteiger partial charge on any atom is 0.291 e. The summed E-state index contributed by atoms with van der Waals surface area (Å²) in [4.78, 5) is 16.2. The molecule has 0 atom stereocenters. The van der Waals surface area contributed by atoms with Crippen molar-refractivity contribution in [2.24, 2.45) is 5.10 Å². The average molecular weight is 498 g/mol. The molecule has 166 valence electrons. The van der Waals surface area contributed by atoms with Gasteiger partial charge in [0.25, 0.3) is 5.91 Å². The first kappa shape index (κ1) is 23.6. The van der Waals surface area contributed by atoms with Gasteiger partial charge in [0.15, 0.2) is 22.4 Å². The molecule has 0 aliphatic rings. The fourth-order valence-electron chi connectivity index (χ4n) is 2.61. The lowest BCUT2D eigenvalue weighted by Gasteiger charge is -2.11. The zero-order valence-electron chi connectivity index (χ0n) is 16.5. The van der Waals surface area contributed by atoms with Crippen LogP contribution in [0.2, 0.25) is 15.2 Å². The molecule has 0 bridgehead atoms. The fraction of sp³-hybridized carbons (Fsp3) is 0.0952. The molecule has 0 fully saturated rings. The van der Waals surface area contributed by atoms with Gasteiger partial charge in [0.2, 0.25) is 0 Å². The summed E-state index contributed by atoms with van der Waals surface area (Å²) in [5, 5.41) is 3.56. The minimum atomic E-state index is -0.729. The molecule has 1 aromatic heterocycles. The number of hydrogen-bond donors (Lipinski definition) is 2. The second-order valence-corrected chi connectivity index (χ2v) is 7.40. The lowest BCUT2D eigenvalue weighted by Crippen LogP contribution is -2.20. The number of aromatic nitrogens is 1. The second kappa shape index (κ2) is 10.5. The quantitative estimate of drug-likeness (QED) is 0.268. The van der Waals surface area contributed by atoms with E-state index >= 15 is 0 Å². The van der Waals surface area contributed by atoms with E-state index in [4.69, 9.17) is 50.0 Å². The van der Waals surface area contributed by atoms with Crippen LogP contribution < -0.4 is 20.6 Å². The largest absolute Gasteiger partial charge is 0.496 e. The van der Waals surface area contributed by atoms with Crippen LogP contribution in [0.1, 0.15) is 21.6 Å². The number of pyridine rings is 1. The van der Waals surface area contributed by atoms with Gasteiger partial charge in [0.05, 0.1) is 24.0 Å². The van der Waals surface area contributed by atoms with Crippen LogP contribution in [-0.2, 0) is 6.61 Å². The number of ether oxygens (including phenoxy) is 2. The Morgan fingerprint density at radius 3 is 2.66 bits per heavy atom. The predicted octanol–water partition coefficient (Wildman–Crippen LogP) is 5.11. The SMILES string of the molecule is COc1ccc(C=NNC(=O)c2nc(Cl)c(Cl)c(N)c2Cl)cc1COc1ccccc1F. The number of anilines is 1. The Balaban J connectivity index is 1.73. The molecule has 0 saturated heterocycles. The summed E-state index contributed by atoms with van der Waals surface area (Å²) in [5.74, 6) is -0.536. The molecule has 1 amide bonds. The number of para-hydroxylation sites is 1.